The number of carbonyl (C=O) groups excluding carboxylic acids is 1. The van der Waals surface area contributed by atoms with E-state index in [2.05, 4.69) is 15.4 Å². The number of halogens is 2. The summed E-state index contributed by atoms with van der Waals surface area (Å²) in [5.41, 5.74) is 0.639. The molecular formula is C17H25Cl2N5O. The van der Waals surface area contributed by atoms with Gasteiger partial charge in [0.2, 0.25) is 5.91 Å². The van der Waals surface area contributed by atoms with Crippen molar-refractivity contribution in [2.45, 2.75) is 24.8 Å². The Labute approximate surface area is 160 Å². The molecule has 1 amide bonds. The summed E-state index contributed by atoms with van der Waals surface area (Å²) in [6.07, 6.45) is 9.59. The zero-order valence-electron chi connectivity index (χ0n) is 14.3. The molecule has 0 aromatic carbocycles. The van der Waals surface area contributed by atoms with Crippen LogP contribution in [0.5, 0.6) is 0 Å². The molecule has 8 heteroatoms. The van der Waals surface area contributed by atoms with E-state index in [1.807, 2.05) is 41.0 Å². The van der Waals surface area contributed by atoms with E-state index in [0.29, 0.717) is 6.54 Å². The molecule has 25 heavy (non-hydrogen) atoms. The predicted octanol–water partition coefficient (Wildman–Crippen LogP) is 1.90. The van der Waals surface area contributed by atoms with Crippen molar-refractivity contribution < 1.29 is 4.79 Å². The molecule has 0 radical (unpaired) electrons. The number of pyridine rings is 1. The number of aromatic nitrogens is 3. The van der Waals surface area contributed by atoms with E-state index in [1.54, 1.807) is 18.6 Å². The molecule has 0 spiro atoms. The first kappa shape index (κ1) is 21.4. The molecule has 6 nitrogen and oxygen atoms in total. The fourth-order valence-corrected chi connectivity index (χ4v) is 3.21. The lowest BCUT2D eigenvalue weighted by atomic mass is 9.87. The van der Waals surface area contributed by atoms with Gasteiger partial charge in [0.15, 0.2) is 0 Å². The van der Waals surface area contributed by atoms with Crippen molar-refractivity contribution in [2.24, 2.45) is 0 Å². The molecule has 2 aromatic heterocycles. The molecule has 0 bridgehead atoms. The average molecular weight is 386 g/mol. The van der Waals surface area contributed by atoms with E-state index in [4.69, 9.17) is 0 Å². The van der Waals surface area contributed by atoms with Gasteiger partial charge in [-0.1, -0.05) is 0 Å². The minimum Gasteiger partial charge on any atom is -0.343 e. The molecule has 0 saturated carbocycles. The molecule has 1 N–H and O–H groups in total. The number of hydrogen-bond donors (Lipinski definition) is 1. The van der Waals surface area contributed by atoms with Crippen molar-refractivity contribution >= 4 is 30.7 Å². The molecule has 2 aromatic rings. The number of rotatable bonds is 5. The monoisotopic (exact) mass is 385 g/mol. The third-order valence-electron chi connectivity index (χ3n) is 4.60. The van der Waals surface area contributed by atoms with Crippen LogP contribution >= 0.6 is 24.8 Å². The van der Waals surface area contributed by atoms with Gasteiger partial charge in [-0.25, -0.2) is 0 Å². The average Bonchev–Trinajstić information content (AvgIpc) is 3.15. The summed E-state index contributed by atoms with van der Waals surface area (Å²) in [6, 6.07) is 5.87. The van der Waals surface area contributed by atoms with Crippen molar-refractivity contribution in [1.29, 1.82) is 0 Å². The minimum absolute atomic E-state index is 0. The molecule has 1 saturated heterocycles. The van der Waals surface area contributed by atoms with Gasteiger partial charge in [0.25, 0.3) is 0 Å². The number of piperidine rings is 1. The second kappa shape index (κ2) is 9.75. The van der Waals surface area contributed by atoms with Gasteiger partial charge >= 0.3 is 0 Å². The number of nitrogens with one attached hydrogen (secondary N) is 1. The molecule has 0 unspecified atom stereocenters. The van der Waals surface area contributed by atoms with Crippen molar-refractivity contribution in [3.63, 3.8) is 0 Å². The Morgan fingerprint density at radius 3 is 2.52 bits per heavy atom. The third kappa shape index (κ3) is 4.71. The minimum atomic E-state index is -0.554. The Balaban J connectivity index is 0.00000156. The summed E-state index contributed by atoms with van der Waals surface area (Å²) in [5, 5.41) is 7.70. The Kier molecular flexibility index (Phi) is 8.35. The second-order valence-corrected chi connectivity index (χ2v) is 6.06. The summed E-state index contributed by atoms with van der Waals surface area (Å²) in [5.74, 6) is 0.150. The molecule has 1 aliphatic heterocycles. The first-order valence-electron chi connectivity index (χ1n) is 8.08. The molecule has 3 heterocycles. The predicted molar refractivity (Wildman–Crippen MR) is 102 cm³/mol. The lowest BCUT2D eigenvalue weighted by Gasteiger charge is -2.39. The first-order valence-corrected chi connectivity index (χ1v) is 8.08. The number of nitrogens with zero attached hydrogens (tertiary/aromatic N) is 4. The van der Waals surface area contributed by atoms with Crippen molar-refractivity contribution in [1.82, 2.24) is 25.0 Å². The maximum absolute atomic E-state index is 13.2. The van der Waals surface area contributed by atoms with Gasteiger partial charge in [0.1, 0.15) is 5.54 Å². The van der Waals surface area contributed by atoms with Crippen LogP contribution in [0.3, 0.4) is 0 Å². The lowest BCUT2D eigenvalue weighted by Crippen LogP contribution is -2.55. The van der Waals surface area contributed by atoms with E-state index < -0.39 is 5.54 Å². The highest BCUT2D eigenvalue weighted by molar-refractivity contribution is 5.85. The summed E-state index contributed by atoms with van der Waals surface area (Å²) < 4.78 is 1.85. The van der Waals surface area contributed by atoms with Crippen LogP contribution in [-0.4, -0.2) is 52.3 Å². The third-order valence-corrected chi connectivity index (χ3v) is 4.60. The highest BCUT2D eigenvalue weighted by atomic mass is 35.5. The number of hydrogen-bond acceptors (Lipinski definition) is 4. The summed E-state index contributed by atoms with van der Waals surface area (Å²) in [6.45, 7) is 2.37. The van der Waals surface area contributed by atoms with Gasteiger partial charge in [-0.15, -0.1) is 24.8 Å². The van der Waals surface area contributed by atoms with Crippen molar-refractivity contribution in [3.8, 4) is 0 Å². The highest BCUT2D eigenvalue weighted by Gasteiger charge is 2.43. The zero-order valence-corrected chi connectivity index (χ0v) is 15.9. The van der Waals surface area contributed by atoms with Crippen LogP contribution in [0.1, 0.15) is 18.4 Å². The normalized spacial score (nSPS) is 15.6. The SMILES string of the molecule is CN(CCc1ccncc1)C(=O)C1(n2cccn2)CCNCC1.Cl.Cl. The molecule has 0 aliphatic carbocycles. The van der Waals surface area contributed by atoms with E-state index in [-0.39, 0.29) is 30.7 Å². The smallest absolute Gasteiger partial charge is 0.250 e. The summed E-state index contributed by atoms with van der Waals surface area (Å²) >= 11 is 0. The van der Waals surface area contributed by atoms with Crippen LogP contribution in [0.25, 0.3) is 0 Å². The standard InChI is InChI=1S/C17H23N5O.2ClH/c1-21(14-5-15-3-9-18-10-4-15)16(23)17(6-11-19-12-7-17)22-13-2-8-20-22;;/h2-4,8-10,13,19H,5-7,11-12,14H2,1H3;2*1H. The lowest BCUT2D eigenvalue weighted by molar-refractivity contribution is -0.141. The quantitative estimate of drug-likeness (QED) is 0.853. The second-order valence-electron chi connectivity index (χ2n) is 6.06. The van der Waals surface area contributed by atoms with Gasteiger partial charge in [-0.2, -0.15) is 5.10 Å². The van der Waals surface area contributed by atoms with Gasteiger partial charge in [0, 0.05) is 38.4 Å². The zero-order chi connectivity index (χ0) is 16.1. The maximum Gasteiger partial charge on any atom is 0.250 e. The van der Waals surface area contributed by atoms with Gasteiger partial charge in [-0.3, -0.25) is 14.5 Å². The Morgan fingerprint density at radius 1 is 1.24 bits per heavy atom. The molecule has 138 valence electrons. The Bertz CT molecular complexity index is 630. The van der Waals surface area contributed by atoms with Gasteiger partial charge in [0.05, 0.1) is 0 Å². The van der Waals surface area contributed by atoms with Crippen molar-refractivity contribution in [3.05, 3.63) is 48.5 Å². The molecule has 0 atom stereocenters. The molecule has 3 rings (SSSR count). The fourth-order valence-electron chi connectivity index (χ4n) is 3.21. The van der Waals surface area contributed by atoms with Crippen LogP contribution in [0.2, 0.25) is 0 Å². The Hall–Kier alpha value is -1.63. The van der Waals surface area contributed by atoms with Crippen LogP contribution in [0.15, 0.2) is 43.0 Å². The van der Waals surface area contributed by atoms with E-state index in [0.717, 1.165) is 32.4 Å². The van der Waals surface area contributed by atoms with E-state index >= 15 is 0 Å². The van der Waals surface area contributed by atoms with Gasteiger partial charge in [-0.05, 0) is 56.1 Å². The van der Waals surface area contributed by atoms with Crippen LogP contribution in [0.4, 0.5) is 0 Å². The number of carbonyl (C=O) groups is 1. The largest absolute Gasteiger partial charge is 0.343 e. The first-order chi connectivity index (χ1) is 11.2. The highest BCUT2D eigenvalue weighted by Crippen LogP contribution is 2.29. The molecule has 1 fully saturated rings. The van der Waals surface area contributed by atoms with Crippen LogP contribution in [0, 0.1) is 0 Å². The number of likely N-dealkylation sites (N-methyl/N-ethyl adjacent to an activating group) is 1. The van der Waals surface area contributed by atoms with Crippen molar-refractivity contribution in [2.75, 3.05) is 26.7 Å². The molecular weight excluding hydrogens is 361 g/mol. The summed E-state index contributed by atoms with van der Waals surface area (Å²) in [7, 11) is 1.89. The van der Waals surface area contributed by atoms with E-state index in [9.17, 15) is 4.79 Å². The number of amides is 1. The fraction of sp³-hybridized carbons (Fsp3) is 0.471. The maximum atomic E-state index is 13.2. The van der Waals surface area contributed by atoms with Gasteiger partial charge < -0.3 is 10.2 Å². The topological polar surface area (TPSA) is 63.1 Å². The summed E-state index contributed by atoms with van der Waals surface area (Å²) in [4.78, 5) is 19.0. The van der Waals surface area contributed by atoms with Crippen LogP contribution < -0.4 is 5.32 Å². The van der Waals surface area contributed by atoms with E-state index in [1.165, 1.54) is 5.56 Å². The Morgan fingerprint density at radius 2 is 1.92 bits per heavy atom. The van der Waals surface area contributed by atoms with Crippen LogP contribution in [-0.2, 0) is 16.8 Å². The molecule has 1 aliphatic rings.